The summed E-state index contributed by atoms with van der Waals surface area (Å²) in [5.41, 5.74) is 16.3. The second-order valence-electron chi connectivity index (χ2n) is 20.1. The summed E-state index contributed by atoms with van der Waals surface area (Å²) in [6.45, 7) is 11.1. The molecule has 0 aliphatic heterocycles. The average molecular weight is 1490 g/mol. The highest BCUT2D eigenvalue weighted by Gasteiger charge is 2.45. The quantitative estimate of drug-likeness (QED) is 0.0396. The molecule has 6 rings (SSSR count). The summed E-state index contributed by atoms with van der Waals surface area (Å²) < 4.78 is 14.9. The van der Waals surface area contributed by atoms with E-state index < -0.39 is 29.4 Å². The highest BCUT2D eigenvalue weighted by molar-refractivity contribution is 9.11. The van der Waals surface area contributed by atoms with Crippen molar-refractivity contribution in [3.8, 4) is 22.3 Å². The Morgan fingerprint density at radius 3 is 1.48 bits per heavy atom. The minimum absolute atomic E-state index is 0.0356. The van der Waals surface area contributed by atoms with Crippen LogP contribution in [0.4, 0.5) is 21.0 Å². The lowest BCUT2D eigenvalue weighted by Crippen LogP contribution is -2.46. The molecule has 0 bridgehead atoms. The first-order valence-electron chi connectivity index (χ1n) is 24.1. The molecule has 2 aliphatic rings. The first-order chi connectivity index (χ1) is 33.5. The maximum Gasteiger partial charge on any atom is 0.408 e. The minimum Gasteiger partial charge on any atom is -0.444 e. The summed E-state index contributed by atoms with van der Waals surface area (Å²) in [6, 6.07) is 20.6. The Bertz CT molecular complexity index is 2490. The lowest BCUT2D eigenvalue weighted by atomic mass is 9.71. The molecule has 388 valence electrons. The van der Waals surface area contributed by atoms with E-state index in [0.717, 1.165) is 107 Å². The molecule has 4 aromatic rings. The van der Waals surface area contributed by atoms with Gasteiger partial charge in [0.05, 0.1) is 5.69 Å². The van der Waals surface area contributed by atoms with Crippen molar-refractivity contribution in [3.63, 3.8) is 0 Å². The molecule has 17 heteroatoms. The number of hydrogen-bond donors (Lipinski definition) is 4. The Labute approximate surface area is 488 Å². The number of anilines is 2. The van der Waals surface area contributed by atoms with E-state index in [0.29, 0.717) is 31.5 Å². The zero-order valence-corrected chi connectivity index (χ0v) is 54.0. The summed E-state index contributed by atoms with van der Waals surface area (Å²) in [5.74, 6) is -0.340. The molecular formula is C54H66Br8N4O5. The lowest BCUT2D eigenvalue weighted by molar-refractivity contribution is -0.118. The van der Waals surface area contributed by atoms with Crippen LogP contribution in [0.1, 0.15) is 134 Å². The van der Waals surface area contributed by atoms with Gasteiger partial charge in [-0.15, -0.1) is 0 Å². The Kier molecular flexibility index (Phi) is 23.0. The van der Waals surface area contributed by atoms with E-state index in [2.05, 4.69) is 186 Å². The van der Waals surface area contributed by atoms with E-state index in [1.54, 1.807) is 20.8 Å². The van der Waals surface area contributed by atoms with Crippen LogP contribution in [0.15, 0.2) is 78.6 Å². The Morgan fingerprint density at radius 1 is 0.563 bits per heavy atom. The van der Waals surface area contributed by atoms with Crippen LogP contribution >= 0.6 is 127 Å². The lowest BCUT2D eigenvalue weighted by Gasteiger charge is -2.33. The molecule has 0 fully saturated rings. The number of ether oxygens (including phenoxy) is 2. The fourth-order valence-corrected chi connectivity index (χ4v) is 12.7. The Hall–Kier alpha value is -1.47. The van der Waals surface area contributed by atoms with Crippen molar-refractivity contribution >= 4 is 157 Å². The van der Waals surface area contributed by atoms with E-state index in [4.69, 9.17) is 15.2 Å². The summed E-state index contributed by atoms with van der Waals surface area (Å²) >= 11 is 29.3. The molecule has 0 saturated carbocycles. The van der Waals surface area contributed by atoms with E-state index in [1.807, 2.05) is 39.0 Å². The molecule has 9 nitrogen and oxygen atoms in total. The third kappa shape index (κ3) is 15.8. The number of halogens is 8. The molecule has 4 aromatic carbocycles. The number of nitrogens with two attached hydrogens (primary N) is 1. The van der Waals surface area contributed by atoms with Crippen LogP contribution in [0.2, 0.25) is 0 Å². The van der Waals surface area contributed by atoms with Crippen LogP contribution in [0, 0.1) is 0 Å². The summed E-state index contributed by atoms with van der Waals surface area (Å²) in [7, 11) is 0. The van der Waals surface area contributed by atoms with Gasteiger partial charge in [-0.1, -0.05) is 140 Å². The first-order valence-corrected chi connectivity index (χ1v) is 31.7. The molecule has 5 N–H and O–H groups in total. The van der Waals surface area contributed by atoms with E-state index >= 15 is 0 Å². The highest BCUT2D eigenvalue weighted by Crippen LogP contribution is 2.58. The van der Waals surface area contributed by atoms with Gasteiger partial charge in [-0.05, 0) is 194 Å². The van der Waals surface area contributed by atoms with E-state index in [-0.39, 0.29) is 16.7 Å². The van der Waals surface area contributed by atoms with Gasteiger partial charge >= 0.3 is 12.2 Å². The molecule has 0 spiro atoms. The fourth-order valence-electron chi connectivity index (χ4n) is 9.95. The van der Waals surface area contributed by atoms with Crippen molar-refractivity contribution in [2.75, 3.05) is 38.9 Å². The second kappa shape index (κ2) is 27.0. The number of carbonyl (C=O) groups is 3. The number of amides is 3. The maximum absolute atomic E-state index is 14.0. The first kappa shape index (κ1) is 60.4. The summed E-state index contributed by atoms with van der Waals surface area (Å²) in [5, 5.41) is 12.5. The van der Waals surface area contributed by atoms with Crippen LogP contribution in [0.3, 0.4) is 0 Å². The minimum atomic E-state index is -0.863. The zero-order chi connectivity index (χ0) is 52.3. The largest absolute Gasteiger partial charge is 0.444 e. The van der Waals surface area contributed by atoms with Crippen LogP contribution in [-0.2, 0) is 25.1 Å². The second-order valence-corrected chi connectivity index (χ2v) is 27.0. The Balaban J connectivity index is 0.000000324. The molecule has 3 amide bonds. The molecule has 0 heterocycles. The third-order valence-corrected chi connectivity index (χ3v) is 16.7. The number of unbranched alkanes of at least 4 members (excludes halogenated alkanes) is 1. The molecule has 2 aliphatic carbocycles. The van der Waals surface area contributed by atoms with Crippen molar-refractivity contribution in [2.45, 2.75) is 140 Å². The number of nitrogen functional groups attached to an aromatic ring is 1. The molecule has 1 atom stereocenters. The number of fused-ring (bicyclic) bond motifs is 6. The van der Waals surface area contributed by atoms with Gasteiger partial charge in [-0.25, -0.2) is 9.59 Å². The van der Waals surface area contributed by atoms with Crippen LogP contribution in [0.25, 0.3) is 22.3 Å². The molecule has 0 radical (unpaired) electrons. The summed E-state index contributed by atoms with van der Waals surface area (Å²) in [6.07, 6.45) is 8.77. The average Bonchev–Trinajstić information content (AvgIpc) is 3.69. The number of carbonyl (C=O) groups excluding carboxylic acids is 3. The topological polar surface area (TPSA) is 132 Å². The summed E-state index contributed by atoms with van der Waals surface area (Å²) in [4.78, 5) is 38.9. The number of rotatable bonds is 20. The van der Waals surface area contributed by atoms with Gasteiger partial charge in [0.15, 0.2) is 0 Å². The van der Waals surface area contributed by atoms with Crippen LogP contribution in [-0.4, -0.2) is 63.2 Å². The zero-order valence-electron chi connectivity index (χ0n) is 41.3. The predicted octanol–water partition coefficient (Wildman–Crippen LogP) is 17.8. The number of hydrogen-bond acceptors (Lipinski definition) is 6. The molecule has 1 unspecified atom stereocenters. The van der Waals surface area contributed by atoms with Crippen LogP contribution < -0.4 is 21.7 Å². The molecule has 71 heavy (non-hydrogen) atoms. The highest BCUT2D eigenvalue weighted by atomic mass is 79.9. The van der Waals surface area contributed by atoms with Crippen molar-refractivity contribution in [1.29, 1.82) is 0 Å². The maximum atomic E-state index is 14.0. The number of alkyl halides is 4. The standard InChI is InChI=1S/C35H47Br4N3O5.C19H19Br4N/c1-33(2,3)46-31(44)40-18-8-7-11-27(42-32(45)47-34(4,5)6)30(43)41-28-21-23(39)20-26-29(28)24-13-12-22(38)19-25(24)35(26,14-9-16-36)15-10-17-37;20-7-1-5-19(6-2-8-21)15-9-12(22)3-4-14(15)18-16(19)10-13(23)11-17(18)24/h12-13,19-21,27H,7-11,14-18H2,1-6H3,(H,40,44)(H,41,43)(H,42,45);3-4,9-11H,1-2,5-8,24H2. The van der Waals surface area contributed by atoms with Gasteiger partial charge in [0.1, 0.15) is 17.2 Å². The van der Waals surface area contributed by atoms with Gasteiger partial charge < -0.3 is 31.2 Å². The SMILES string of the molecule is CC(C)(C)OC(=O)NCCCCC(NC(=O)OC(C)(C)C)C(=O)Nc1cc(Br)cc2c1-c1ccc(Br)cc1C2(CCCBr)CCCBr.Nc1cc(Br)cc2c1-c1ccc(Br)cc1C2(CCCBr)CCCBr. The monoisotopic (exact) mass is 1480 g/mol. The fraction of sp³-hybridized carbons (Fsp3) is 0.500. The van der Waals surface area contributed by atoms with Crippen LogP contribution in [0.5, 0.6) is 0 Å². The van der Waals surface area contributed by atoms with Gasteiger partial charge in [-0.2, -0.15) is 0 Å². The number of nitrogens with one attached hydrogen (secondary N) is 3. The molecule has 0 saturated heterocycles. The molecule has 0 aromatic heterocycles. The number of benzene rings is 4. The number of alkyl carbamates (subject to hydrolysis) is 2. The van der Waals surface area contributed by atoms with Crippen molar-refractivity contribution in [2.24, 2.45) is 0 Å². The van der Waals surface area contributed by atoms with Crippen molar-refractivity contribution < 1.29 is 23.9 Å². The van der Waals surface area contributed by atoms with Gasteiger partial charge in [0, 0.05) is 73.4 Å². The van der Waals surface area contributed by atoms with Crippen molar-refractivity contribution in [3.05, 3.63) is 101 Å². The van der Waals surface area contributed by atoms with Gasteiger partial charge in [0.2, 0.25) is 5.91 Å². The van der Waals surface area contributed by atoms with Gasteiger partial charge in [-0.3, -0.25) is 4.79 Å². The normalized spacial score (nSPS) is 14.2. The van der Waals surface area contributed by atoms with E-state index in [1.165, 1.54) is 33.4 Å². The predicted molar refractivity (Wildman–Crippen MR) is 323 cm³/mol. The Morgan fingerprint density at radius 2 is 1.00 bits per heavy atom. The van der Waals surface area contributed by atoms with Crippen molar-refractivity contribution in [1.82, 2.24) is 10.6 Å². The van der Waals surface area contributed by atoms with E-state index in [9.17, 15) is 14.4 Å². The smallest absolute Gasteiger partial charge is 0.408 e. The third-order valence-electron chi connectivity index (χ3n) is 12.6. The molecular weight excluding hydrogens is 1420 g/mol. The van der Waals surface area contributed by atoms with Gasteiger partial charge in [0.25, 0.3) is 0 Å².